The van der Waals surface area contributed by atoms with E-state index in [1.54, 1.807) is 17.8 Å². The predicted molar refractivity (Wildman–Crippen MR) is 117 cm³/mol. The first-order chi connectivity index (χ1) is 14.1. The number of quaternary nitrogens is 1. The lowest BCUT2D eigenvalue weighted by Gasteiger charge is -2.51. The Balaban J connectivity index is 1.26. The third kappa shape index (κ3) is 5.07. The van der Waals surface area contributed by atoms with E-state index in [-0.39, 0.29) is 5.97 Å². The molecule has 0 saturated carbocycles. The van der Waals surface area contributed by atoms with Gasteiger partial charge in [-0.25, -0.2) is 4.79 Å². The Labute approximate surface area is 178 Å². The number of rotatable bonds is 7. The molecule has 156 valence electrons. The van der Waals surface area contributed by atoms with E-state index in [1.165, 1.54) is 55.2 Å². The summed E-state index contributed by atoms with van der Waals surface area (Å²) in [5.41, 5.74) is 1.30. The minimum absolute atomic E-state index is 0.320. The number of piperidine rings is 2. The van der Waals surface area contributed by atoms with Crippen molar-refractivity contribution in [3.8, 4) is 0 Å². The van der Waals surface area contributed by atoms with E-state index >= 15 is 0 Å². The van der Waals surface area contributed by atoms with E-state index in [4.69, 9.17) is 9.15 Å². The van der Waals surface area contributed by atoms with Crippen LogP contribution in [0.15, 0.2) is 46.9 Å². The number of hydrogen-bond acceptors (Lipinski definition) is 4. The van der Waals surface area contributed by atoms with Crippen molar-refractivity contribution in [3.05, 3.63) is 59.5 Å². The molecular weight excluding hydrogens is 382 g/mol. The van der Waals surface area contributed by atoms with Crippen molar-refractivity contribution in [2.24, 2.45) is 5.92 Å². The maximum atomic E-state index is 12.5. The molecule has 1 unspecified atom stereocenters. The van der Waals surface area contributed by atoms with E-state index < -0.39 is 0 Å². The summed E-state index contributed by atoms with van der Waals surface area (Å²) in [5, 5.41) is 0. The summed E-state index contributed by atoms with van der Waals surface area (Å²) >= 11 is 1.78. The van der Waals surface area contributed by atoms with Gasteiger partial charge >= 0.3 is 5.97 Å². The summed E-state index contributed by atoms with van der Waals surface area (Å²) in [4.78, 5) is 12.5. The molecule has 2 aromatic rings. The summed E-state index contributed by atoms with van der Waals surface area (Å²) < 4.78 is 12.6. The van der Waals surface area contributed by atoms with Gasteiger partial charge < -0.3 is 13.6 Å². The quantitative estimate of drug-likeness (QED) is 0.456. The Morgan fingerprint density at radius 3 is 2.76 bits per heavy atom. The summed E-state index contributed by atoms with van der Waals surface area (Å²) in [5.74, 6) is 3.00. The molecule has 0 bridgehead atoms. The molecule has 4 nitrogen and oxygen atoms in total. The molecule has 4 rings (SSSR count). The highest BCUT2D eigenvalue weighted by molar-refractivity contribution is 7.97. The van der Waals surface area contributed by atoms with Gasteiger partial charge in [0.15, 0.2) is 0 Å². The van der Waals surface area contributed by atoms with Gasteiger partial charge in [0, 0.05) is 18.1 Å². The second-order valence-electron chi connectivity index (χ2n) is 8.73. The molecule has 0 amide bonds. The molecule has 0 radical (unpaired) electrons. The van der Waals surface area contributed by atoms with Gasteiger partial charge in [0.2, 0.25) is 5.76 Å². The Morgan fingerprint density at radius 2 is 1.90 bits per heavy atom. The van der Waals surface area contributed by atoms with Crippen molar-refractivity contribution in [1.82, 2.24) is 0 Å². The predicted octanol–water partition coefficient (Wildman–Crippen LogP) is 5.28. The Bertz CT molecular complexity index is 801. The molecule has 3 atom stereocenters. The SMILES string of the molecule is C[N+]12CCCC[C@@H]1[C@@H](COC(=O)c1ccc(CSCc3ccccc3)o1)CCC2. The molecule has 1 aromatic carbocycles. The number of carbonyl (C=O) groups is 1. The Kier molecular flexibility index (Phi) is 6.66. The van der Waals surface area contributed by atoms with Crippen LogP contribution in [0, 0.1) is 5.92 Å². The molecule has 29 heavy (non-hydrogen) atoms. The molecule has 0 N–H and O–H groups in total. The molecule has 3 heterocycles. The standard InChI is InChI=1S/C24H32NO3S/c1-25-14-6-5-11-22(25)20(10-7-15-25)16-27-24(26)23-13-12-21(28-23)18-29-17-19-8-3-2-4-9-19/h2-4,8-9,12-13,20,22H,5-7,10-11,14-18H2,1H3/q+1/t20-,22-,25?/m1/s1. The zero-order valence-electron chi connectivity index (χ0n) is 17.3. The van der Waals surface area contributed by atoms with E-state index in [0.29, 0.717) is 24.3 Å². The highest BCUT2D eigenvalue weighted by Gasteiger charge is 2.43. The lowest BCUT2D eigenvalue weighted by molar-refractivity contribution is -0.947. The minimum atomic E-state index is -0.320. The highest BCUT2D eigenvalue weighted by Crippen LogP contribution is 2.36. The largest absolute Gasteiger partial charge is 0.459 e. The number of fused-ring (bicyclic) bond motifs is 1. The van der Waals surface area contributed by atoms with Crippen molar-refractivity contribution in [1.29, 1.82) is 0 Å². The summed E-state index contributed by atoms with van der Waals surface area (Å²) in [6.07, 6.45) is 6.31. The molecule has 5 heteroatoms. The zero-order valence-corrected chi connectivity index (χ0v) is 18.2. The van der Waals surface area contributed by atoms with Crippen LogP contribution in [0.25, 0.3) is 0 Å². The van der Waals surface area contributed by atoms with Gasteiger partial charge in [0.05, 0.1) is 31.9 Å². The third-order valence-electron chi connectivity index (χ3n) is 6.65. The molecule has 0 spiro atoms. The average Bonchev–Trinajstić information content (AvgIpc) is 3.21. The molecule has 2 aliphatic rings. The van der Waals surface area contributed by atoms with Crippen LogP contribution in [0.1, 0.15) is 54.0 Å². The molecule has 2 fully saturated rings. The Hall–Kier alpha value is -1.72. The van der Waals surface area contributed by atoms with Crippen LogP contribution in [0.3, 0.4) is 0 Å². The van der Waals surface area contributed by atoms with Gasteiger partial charge in [-0.2, -0.15) is 0 Å². The van der Waals surface area contributed by atoms with Gasteiger partial charge in [-0.3, -0.25) is 0 Å². The summed E-state index contributed by atoms with van der Waals surface area (Å²) in [6.45, 7) is 3.07. The summed E-state index contributed by atoms with van der Waals surface area (Å²) in [7, 11) is 2.39. The number of furan rings is 1. The number of carbonyl (C=O) groups excluding carboxylic acids is 1. The first kappa shape index (κ1) is 20.5. The number of benzene rings is 1. The Morgan fingerprint density at radius 1 is 1.07 bits per heavy atom. The fourth-order valence-electron chi connectivity index (χ4n) is 5.09. The smallest absolute Gasteiger partial charge is 0.374 e. The van der Waals surface area contributed by atoms with Gasteiger partial charge in [-0.15, -0.1) is 11.8 Å². The van der Waals surface area contributed by atoms with Crippen LogP contribution in [-0.4, -0.2) is 43.2 Å². The van der Waals surface area contributed by atoms with E-state index in [9.17, 15) is 4.79 Å². The lowest BCUT2D eigenvalue weighted by Crippen LogP contribution is -2.61. The first-order valence-corrected chi connectivity index (χ1v) is 12.0. The second-order valence-corrected chi connectivity index (χ2v) is 9.72. The molecule has 2 saturated heterocycles. The van der Waals surface area contributed by atoms with Gasteiger partial charge in [0.25, 0.3) is 0 Å². The van der Waals surface area contributed by atoms with Crippen molar-refractivity contribution in [3.63, 3.8) is 0 Å². The van der Waals surface area contributed by atoms with Gasteiger partial charge in [-0.1, -0.05) is 30.3 Å². The van der Waals surface area contributed by atoms with Crippen molar-refractivity contribution >= 4 is 17.7 Å². The fraction of sp³-hybridized carbons (Fsp3) is 0.542. The van der Waals surface area contributed by atoms with Gasteiger partial charge in [0.1, 0.15) is 12.4 Å². The molecule has 0 aliphatic carbocycles. The topological polar surface area (TPSA) is 39.4 Å². The van der Waals surface area contributed by atoms with E-state index in [0.717, 1.165) is 17.3 Å². The van der Waals surface area contributed by atoms with Crippen LogP contribution in [0.4, 0.5) is 0 Å². The normalized spacial score (nSPS) is 26.7. The monoisotopic (exact) mass is 414 g/mol. The maximum Gasteiger partial charge on any atom is 0.374 e. The third-order valence-corrected chi connectivity index (χ3v) is 7.68. The first-order valence-electron chi connectivity index (χ1n) is 10.9. The molecular formula is C24H32NO3S+. The van der Waals surface area contributed by atoms with Crippen molar-refractivity contribution in [2.45, 2.75) is 49.7 Å². The number of nitrogens with zero attached hydrogens (tertiary/aromatic N) is 1. The number of hydrogen-bond donors (Lipinski definition) is 0. The second kappa shape index (κ2) is 9.40. The number of thioether (sulfide) groups is 1. The van der Waals surface area contributed by atoms with E-state index in [2.05, 4.69) is 31.3 Å². The molecule has 2 aliphatic heterocycles. The van der Waals surface area contributed by atoms with Crippen LogP contribution in [0.5, 0.6) is 0 Å². The minimum Gasteiger partial charge on any atom is -0.459 e. The van der Waals surface area contributed by atoms with Crippen LogP contribution in [-0.2, 0) is 16.2 Å². The average molecular weight is 415 g/mol. The highest BCUT2D eigenvalue weighted by atomic mass is 32.2. The lowest BCUT2D eigenvalue weighted by atomic mass is 9.82. The summed E-state index contributed by atoms with van der Waals surface area (Å²) in [6, 6.07) is 14.7. The van der Waals surface area contributed by atoms with Crippen LogP contribution in [0.2, 0.25) is 0 Å². The maximum absolute atomic E-state index is 12.5. The number of ether oxygens (including phenoxy) is 1. The van der Waals surface area contributed by atoms with E-state index in [1.807, 2.05) is 12.1 Å². The van der Waals surface area contributed by atoms with Crippen molar-refractivity contribution < 1.29 is 18.4 Å². The fourth-order valence-corrected chi connectivity index (χ4v) is 5.98. The zero-order chi connectivity index (χ0) is 20.1. The van der Waals surface area contributed by atoms with Crippen molar-refractivity contribution in [2.75, 3.05) is 26.7 Å². The van der Waals surface area contributed by atoms with Gasteiger partial charge in [-0.05, 0) is 43.4 Å². The van der Waals surface area contributed by atoms with Crippen LogP contribution >= 0.6 is 11.8 Å². The molecule has 1 aromatic heterocycles. The number of esters is 1. The van der Waals surface area contributed by atoms with Crippen LogP contribution < -0.4 is 0 Å².